The van der Waals surface area contributed by atoms with E-state index in [0.717, 1.165) is 23.5 Å². The number of hydrogen-bond acceptors (Lipinski definition) is 5. The van der Waals surface area contributed by atoms with Crippen LogP contribution in [0.2, 0.25) is 0 Å². The molecule has 0 N–H and O–H groups in total. The van der Waals surface area contributed by atoms with E-state index in [0.29, 0.717) is 11.2 Å². The van der Waals surface area contributed by atoms with Gasteiger partial charge in [0.2, 0.25) is 5.75 Å². The van der Waals surface area contributed by atoms with E-state index in [1.54, 1.807) is 0 Å². The number of rotatable bonds is 4. The number of nitro groups is 1. The highest BCUT2D eigenvalue weighted by molar-refractivity contribution is 9.10. The van der Waals surface area contributed by atoms with Gasteiger partial charge in [0.1, 0.15) is 5.82 Å². The van der Waals surface area contributed by atoms with Crippen molar-refractivity contribution in [3.05, 3.63) is 49.5 Å². The number of nitrogens with zero attached hydrogens (tertiary/aromatic N) is 1. The quantitative estimate of drug-likeness (QED) is 0.473. The Balaban J connectivity index is 2.40. The van der Waals surface area contributed by atoms with E-state index < -0.39 is 10.7 Å². The van der Waals surface area contributed by atoms with Gasteiger partial charge in [-0.05, 0) is 28.1 Å². The fraction of sp³-hybridized carbons (Fsp3) is 0. The van der Waals surface area contributed by atoms with Crippen molar-refractivity contribution in [3.63, 3.8) is 0 Å². The van der Waals surface area contributed by atoms with E-state index in [-0.39, 0.29) is 21.0 Å². The fourth-order valence-electron chi connectivity index (χ4n) is 1.30. The summed E-state index contributed by atoms with van der Waals surface area (Å²) in [5.41, 5.74) is -0.366. The molecule has 1 aromatic heterocycles. The Morgan fingerprint density at radius 1 is 1.42 bits per heavy atom. The second-order valence-corrected chi connectivity index (χ2v) is 5.30. The van der Waals surface area contributed by atoms with Crippen LogP contribution in [0.15, 0.2) is 28.7 Å². The maximum absolute atomic E-state index is 13.4. The number of aldehydes is 1. The Hall–Kier alpha value is -1.80. The Bertz CT molecular complexity index is 658. The van der Waals surface area contributed by atoms with Crippen molar-refractivity contribution in [1.29, 1.82) is 0 Å². The molecular weight excluding hydrogens is 341 g/mol. The molecule has 0 aliphatic heterocycles. The van der Waals surface area contributed by atoms with Crippen LogP contribution in [0.1, 0.15) is 9.67 Å². The van der Waals surface area contributed by atoms with Gasteiger partial charge in [0.25, 0.3) is 0 Å². The summed E-state index contributed by atoms with van der Waals surface area (Å²) in [4.78, 5) is 21.1. The number of nitro benzene ring substituents is 1. The van der Waals surface area contributed by atoms with Crippen molar-refractivity contribution < 1.29 is 18.8 Å². The Morgan fingerprint density at radius 3 is 2.74 bits per heavy atom. The minimum Gasteiger partial charge on any atom is -0.439 e. The first kappa shape index (κ1) is 13.6. The standard InChI is InChI=1S/C11H5BrFNO4S/c12-7-3-9(14(16)17)10(4-8(7)13)18-11-2-1-6(5-15)19-11/h1-5H. The number of benzene rings is 1. The summed E-state index contributed by atoms with van der Waals surface area (Å²) < 4.78 is 18.6. The third-order valence-electron chi connectivity index (χ3n) is 2.13. The predicted octanol–water partition coefficient (Wildman–Crippen LogP) is 4.16. The van der Waals surface area contributed by atoms with E-state index in [1.165, 1.54) is 12.1 Å². The second-order valence-electron chi connectivity index (χ2n) is 3.37. The van der Waals surface area contributed by atoms with Gasteiger partial charge in [0.15, 0.2) is 11.3 Å². The molecule has 8 heteroatoms. The monoisotopic (exact) mass is 345 g/mol. The molecular formula is C11H5BrFNO4S. The minimum absolute atomic E-state index is 0.0219. The topological polar surface area (TPSA) is 69.4 Å². The molecule has 0 saturated carbocycles. The third-order valence-corrected chi connectivity index (χ3v) is 3.62. The first-order chi connectivity index (χ1) is 9.01. The molecule has 2 aromatic rings. The predicted molar refractivity (Wildman–Crippen MR) is 70.5 cm³/mol. The van der Waals surface area contributed by atoms with Crippen LogP contribution in [0.5, 0.6) is 10.8 Å². The summed E-state index contributed by atoms with van der Waals surface area (Å²) in [5, 5.41) is 11.1. The minimum atomic E-state index is -0.673. The third kappa shape index (κ3) is 2.96. The SMILES string of the molecule is O=Cc1ccc(Oc2cc(F)c(Br)cc2[N+](=O)[O-])s1. The summed E-state index contributed by atoms with van der Waals surface area (Å²) in [6, 6.07) is 4.94. The van der Waals surface area contributed by atoms with Gasteiger partial charge in [0, 0.05) is 12.1 Å². The first-order valence-electron chi connectivity index (χ1n) is 4.87. The zero-order chi connectivity index (χ0) is 14.0. The summed E-state index contributed by atoms with van der Waals surface area (Å²) in [6.07, 6.45) is 0.633. The molecule has 19 heavy (non-hydrogen) atoms. The lowest BCUT2D eigenvalue weighted by molar-refractivity contribution is -0.385. The molecule has 0 aliphatic carbocycles. The average Bonchev–Trinajstić information content (AvgIpc) is 2.81. The van der Waals surface area contributed by atoms with E-state index in [4.69, 9.17) is 4.74 Å². The van der Waals surface area contributed by atoms with Crippen LogP contribution >= 0.6 is 27.3 Å². The van der Waals surface area contributed by atoms with Crippen LogP contribution in [0, 0.1) is 15.9 Å². The smallest absolute Gasteiger partial charge is 0.312 e. The van der Waals surface area contributed by atoms with Gasteiger partial charge in [-0.15, -0.1) is 0 Å². The molecule has 98 valence electrons. The molecule has 0 spiro atoms. The van der Waals surface area contributed by atoms with Gasteiger partial charge < -0.3 is 4.74 Å². The van der Waals surface area contributed by atoms with Gasteiger partial charge in [-0.1, -0.05) is 11.3 Å². The number of carbonyl (C=O) groups excluding carboxylic acids is 1. The van der Waals surface area contributed by atoms with Crippen molar-refractivity contribution in [2.24, 2.45) is 0 Å². The maximum Gasteiger partial charge on any atom is 0.312 e. The lowest BCUT2D eigenvalue weighted by Gasteiger charge is -2.04. The van der Waals surface area contributed by atoms with Crippen LogP contribution in [0.3, 0.4) is 0 Å². The van der Waals surface area contributed by atoms with Crippen LogP contribution < -0.4 is 4.74 Å². The molecule has 0 unspecified atom stereocenters. The molecule has 0 amide bonds. The zero-order valence-electron chi connectivity index (χ0n) is 9.13. The molecule has 0 saturated heterocycles. The summed E-state index contributed by atoms with van der Waals surface area (Å²) in [7, 11) is 0. The number of ether oxygens (including phenoxy) is 1. The molecule has 0 bridgehead atoms. The fourth-order valence-corrected chi connectivity index (χ4v) is 2.32. The summed E-state index contributed by atoms with van der Waals surface area (Å²) in [5.74, 6) is -0.891. The van der Waals surface area contributed by atoms with E-state index in [2.05, 4.69) is 15.9 Å². The van der Waals surface area contributed by atoms with Gasteiger partial charge in [0.05, 0.1) is 14.3 Å². The summed E-state index contributed by atoms with van der Waals surface area (Å²) in [6.45, 7) is 0. The van der Waals surface area contributed by atoms with E-state index in [1.807, 2.05) is 0 Å². The van der Waals surface area contributed by atoms with Crippen molar-refractivity contribution in [2.45, 2.75) is 0 Å². The lowest BCUT2D eigenvalue weighted by atomic mass is 10.3. The Morgan fingerprint density at radius 2 is 2.16 bits per heavy atom. The van der Waals surface area contributed by atoms with E-state index >= 15 is 0 Å². The second kappa shape index (κ2) is 5.45. The lowest BCUT2D eigenvalue weighted by Crippen LogP contribution is -1.94. The summed E-state index contributed by atoms with van der Waals surface area (Å²) >= 11 is 3.88. The van der Waals surface area contributed by atoms with Gasteiger partial charge in [-0.3, -0.25) is 14.9 Å². The number of hydrogen-bond donors (Lipinski definition) is 0. The Labute approximate surface area is 118 Å². The van der Waals surface area contributed by atoms with Crippen LogP contribution in [0.25, 0.3) is 0 Å². The van der Waals surface area contributed by atoms with Crippen molar-refractivity contribution in [3.8, 4) is 10.8 Å². The van der Waals surface area contributed by atoms with E-state index in [9.17, 15) is 19.3 Å². The highest BCUT2D eigenvalue weighted by Crippen LogP contribution is 2.37. The maximum atomic E-state index is 13.4. The molecule has 0 fully saturated rings. The van der Waals surface area contributed by atoms with Gasteiger partial charge in [-0.25, -0.2) is 4.39 Å². The number of thiophene rings is 1. The molecule has 1 aromatic carbocycles. The van der Waals surface area contributed by atoms with Crippen molar-refractivity contribution >= 4 is 39.2 Å². The van der Waals surface area contributed by atoms with Gasteiger partial charge in [-0.2, -0.15) is 0 Å². The highest BCUT2D eigenvalue weighted by Gasteiger charge is 2.20. The van der Waals surface area contributed by atoms with Crippen molar-refractivity contribution in [2.75, 3.05) is 0 Å². The van der Waals surface area contributed by atoms with Gasteiger partial charge >= 0.3 is 5.69 Å². The van der Waals surface area contributed by atoms with Crippen LogP contribution in [0.4, 0.5) is 10.1 Å². The average molecular weight is 346 g/mol. The highest BCUT2D eigenvalue weighted by atomic mass is 79.9. The Kier molecular flexibility index (Phi) is 3.91. The molecule has 0 atom stereocenters. The largest absolute Gasteiger partial charge is 0.439 e. The molecule has 1 heterocycles. The molecule has 2 rings (SSSR count). The van der Waals surface area contributed by atoms with Crippen molar-refractivity contribution in [1.82, 2.24) is 0 Å². The molecule has 0 aliphatic rings. The molecule has 0 radical (unpaired) electrons. The number of halogens is 2. The van der Waals surface area contributed by atoms with Crippen LogP contribution in [-0.2, 0) is 0 Å². The zero-order valence-corrected chi connectivity index (χ0v) is 11.5. The first-order valence-corrected chi connectivity index (χ1v) is 6.48. The van der Waals surface area contributed by atoms with Crippen LogP contribution in [-0.4, -0.2) is 11.2 Å². The normalized spacial score (nSPS) is 10.2. The molecule has 5 nitrogen and oxygen atoms in total. The number of carbonyl (C=O) groups is 1.